The number of benzene rings is 1. The topological polar surface area (TPSA) is 18.5 Å². The van der Waals surface area contributed by atoms with Gasteiger partial charge in [0, 0.05) is 0 Å². The maximum absolute atomic E-state index is 5.26. The van der Waals surface area contributed by atoms with Crippen molar-refractivity contribution in [3.05, 3.63) is 29.3 Å². The van der Waals surface area contributed by atoms with Crippen LogP contribution in [0.25, 0.3) is 6.08 Å². The summed E-state index contributed by atoms with van der Waals surface area (Å²) < 4.78 is 11.0. The molecule has 0 N–H and O–H groups in total. The molecule has 2 nitrogen and oxygen atoms in total. The second-order valence-corrected chi connectivity index (χ2v) is 3.48. The molecule has 0 heterocycles. The number of rotatable bonds is 2. The van der Waals surface area contributed by atoms with Crippen LogP contribution in [0.15, 0.2) is 18.2 Å². The molecule has 68 valence electrons. The normalized spacial score (nSPS) is 18.1. The molecule has 0 saturated heterocycles. The van der Waals surface area contributed by atoms with Crippen LogP contribution in [0, 0.1) is 0 Å². The average Bonchev–Trinajstić information content (AvgIpc) is 2.58. The number of hydrogen-bond donors (Lipinski definition) is 0. The Bertz CT molecular complexity index is 385. The molecule has 0 saturated carbocycles. The van der Waals surface area contributed by atoms with Crippen LogP contribution in [-0.2, 0) is 0 Å². The van der Waals surface area contributed by atoms with E-state index in [1.54, 1.807) is 14.2 Å². The standard InChI is InChI=1S/C11H11O2.Li/c1-12-10-6-8-4-3-5-9(8)7-11(10)13-2;/h3-7H,1-2H3;. The van der Waals surface area contributed by atoms with E-state index < -0.39 is 0 Å². The number of ether oxygens (including phenoxy) is 2. The van der Waals surface area contributed by atoms with Crippen LogP contribution >= 0.6 is 0 Å². The van der Waals surface area contributed by atoms with Crippen LogP contribution in [0.2, 0.25) is 0 Å². The minimum absolute atomic E-state index is 0.477. The Hall–Kier alpha value is -0.843. The summed E-state index contributed by atoms with van der Waals surface area (Å²) in [4.78, 5) is 0. The van der Waals surface area contributed by atoms with Crippen molar-refractivity contribution in [3.63, 3.8) is 0 Å². The molecule has 0 bridgehead atoms. The van der Waals surface area contributed by atoms with Crippen molar-refractivity contribution in [3.8, 4) is 11.5 Å². The second kappa shape index (κ2) is 3.72. The minimum atomic E-state index is 0.477. The Morgan fingerprint density at radius 3 is 2.43 bits per heavy atom. The fraction of sp³-hybridized carbons (Fsp3) is 0.273. The predicted molar refractivity (Wildman–Crippen MR) is 57.1 cm³/mol. The molecule has 0 aromatic heterocycles. The van der Waals surface area contributed by atoms with E-state index in [0.29, 0.717) is 4.59 Å². The average molecular weight is 182 g/mol. The summed E-state index contributed by atoms with van der Waals surface area (Å²) >= 11 is 2.17. The third kappa shape index (κ3) is 1.45. The number of allylic oxidation sites excluding steroid dienone is 1. The van der Waals surface area contributed by atoms with E-state index in [4.69, 9.17) is 9.47 Å². The summed E-state index contributed by atoms with van der Waals surface area (Å²) in [5.74, 6) is 1.60. The summed E-state index contributed by atoms with van der Waals surface area (Å²) in [6, 6.07) is 4.08. The van der Waals surface area contributed by atoms with Crippen LogP contribution in [0.3, 0.4) is 0 Å². The monoisotopic (exact) mass is 182 g/mol. The fourth-order valence-corrected chi connectivity index (χ4v) is 1.80. The van der Waals surface area contributed by atoms with E-state index in [2.05, 4.69) is 35.9 Å². The Balaban J connectivity index is 2.53. The molecule has 1 aliphatic carbocycles. The Labute approximate surface area is 93.1 Å². The first-order chi connectivity index (χ1) is 6.76. The van der Waals surface area contributed by atoms with Crippen molar-refractivity contribution in [2.45, 2.75) is 4.59 Å². The van der Waals surface area contributed by atoms with Crippen LogP contribution in [-0.4, -0.2) is 31.9 Å². The van der Waals surface area contributed by atoms with Gasteiger partial charge in [-0.15, -0.1) is 0 Å². The molecule has 1 unspecified atom stereocenters. The molecule has 1 aromatic carbocycles. The summed E-state index contributed by atoms with van der Waals surface area (Å²) in [5.41, 5.74) is 2.54. The fourth-order valence-electron chi connectivity index (χ4n) is 1.80. The molecular formula is C11H11LiO2. The zero-order valence-electron chi connectivity index (χ0n) is 8.70. The van der Waals surface area contributed by atoms with Gasteiger partial charge in [-0.05, 0) is 0 Å². The molecule has 14 heavy (non-hydrogen) atoms. The van der Waals surface area contributed by atoms with Gasteiger partial charge in [0.15, 0.2) is 0 Å². The van der Waals surface area contributed by atoms with Crippen LogP contribution < -0.4 is 9.47 Å². The van der Waals surface area contributed by atoms with Crippen molar-refractivity contribution in [1.29, 1.82) is 0 Å². The van der Waals surface area contributed by atoms with Gasteiger partial charge >= 0.3 is 92.9 Å². The van der Waals surface area contributed by atoms with Crippen molar-refractivity contribution in [2.24, 2.45) is 0 Å². The molecule has 0 spiro atoms. The first-order valence-electron chi connectivity index (χ1n) is 4.70. The number of methoxy groups -OCH3 is 2. The Kier molecular flexibility index (Phi) is 2.58. The number of hydrogen-bond acceptors (Lipinski definition) is 2. The van der Waals surface area contributed by atoms with E-state index in [0.717, 1.165) is 11.5 Å². The van der Waals surface area contributed by atoms with Gasteiger partial charge < -0.3 is 0 Å². The molecule has 0 aliphatic heterocycles. The second-order valence-electron chi connectivity index (χ2n) is 3.48. The van der Waals surface area contributed by atoms with E-state index >= 15 is 0 Å². The summed E-state index contributed by atoms with van der Waals surface area (Å²) in [5, 5.41) is 0. The molecule has 0 amide bonds. The third-order valence-corrected chi connectivity index (χ3v) is 2.64. The van der Waals surface area contributed by atoms with Crippen molar-refractivity contribution in [1.82, 2.24) is 0 Å². The van der Waals surface area contributed by atoms with Gasteiger partial charge in [-0.2, -0.15) is 0 Å². The van der Waals surface area contributed by atoms with Crippen LogP contribution in [0.1, 0.15) is 15.7 Å². The van der Waals surface area contributed by atoms with E-state index in [-0.39, 0.29) is 0 Å². The molecule has 3 heteroatoms. The molecule has 1 aliphatic rings. The first-order valence-corrected chi connectivity index (χ1v) is 4.70. The van der Waals surface area contributed by atoms with E-state index in [1.807, 2.05) is 6.07 Å². The van der Waals surface area contributed by atoms with E-state index in [9.17, 15) is 0 Å². The third-order valence-electron chi connectivity index (χ3n) is 2.64. The van der Waals surface area contributed by atoms with Crippen LogP contribution in [0.4, 0.5) is 0 Å². The Morgan fingerprint density at radius 2 is 1.79 bits per heavy atom. The van der Waals surface area contributed by atoms with Gasteiger partial charge in [-0.3, -0.25) is 0 Å². The van der Waals surface area contributed by atoms with Gasteiger partial charge in [-0.1, -0.05) is 0 Å². The van der Waals surface area contributed by atoms with Crippen molar-refractivity contribution < 1.29 is 9.47 Å². The zero-order valence-corrected chi connectivity index (χ0v) is 8.70. The molecule has 1 aromatic rings. The van der Waals surface area contributed by atoms with Gasteiger partial charge in [0.05, 0.1) is 0 Å². The summed E-state index contributed by atoms with van der Waals surface area (Å²) in [7, 11) is 3.32. The van der Waals surface area contributed by atoms with Crippen molar-refractivity contribution >= 4 is 23.8 Å². The molecule has 0 radical (unpaired) electrons. The number of fused-ring (bicyclic) bond motifs is 1. The molecule has 0 fully saturated rings. The Morgan fingerprint density at radius 1 is 1.14 bits per heavy atom. The van der Waals surface area contributed by atoms with Gasteiger partial charge in [-0.25, -0.2) is 0 Å². The molecular weight excluding hydrogens is 171 g/mol. The van der Waals surface area contributed by atoms with Gasteiger partial charge in [0.2, 0.25) is 0 Å². The molecule has 2 rings (SSSR count). The maximum atomic E-state index is 5.26. The van der Waals surface area contributed by atoms with Crippen molar-refractivity contribution in [2.75, 3.05) is 14.2 Å². The molecule has 1 atom stereocenters. The van der Waals surface area contributed by atoms with Gasteiger partial charge in [0.25, 0.3) is 0 Å². The summed E-state index contributed by atoms with van der Waals surface area (Å²) in [6.45, 7) is 0. The van der Waals surface area contributed by atoms with E-state index in [1.165, 1.54) is 11.1 Å². The quantitative estimate of drug-likeness (QED) is 0.651. The summed E-state index contributed by atoms with van der Waals surface area (Å²) in [6.07, 6.45) is 4.31. The first kappa shape index (κ1) is 9.70. The zero-order chi connectivity index (χ0) is 10.1. The SMILES string of the molecule is [Li][CH]1C=Cc2cc(OC)c(OC)cc21. The van der Waals surface area contributed by atoms with Gasteiger partial charge in [0.1, 0.15) is 0 Å². The predicted octanol–water partition coefficient (Wildman–Crippen LogP) is 1.94. The van der Waals surface area contributed by atoms with Crippen LogP contribution in [0.5, 0.6) is 11.5 Å².